The summed E-state index contributed by atoms with van der Waals surface area (Å²) in [5, 5.41) is 9.50. The Labute approximate surface area is 112 Å². The van der Waals surface area contributed by atoms with Crippen molar-refractivity contribution >= 4 is 0 Å². The van der Waals surface area contributed by atoms with Gasteiger partial charge in [0, 0.05) is 5.92 Å². The normalized spacial score (nSPS) is 12.2. The first kappa shape index (κ1) is 13.6. The largest absolute Gasteiger partial charge is 0.494 e. The van der Waals surface area contributed by atoms with E-state index in [0.717, 1.165) is 5.56 Å². The van der Waals surface area contributed by atoms with Gasteiger partial charge < -0.3 is 9.84 Å². The molecule has 2 aromatic carbocycles. The molecule has 0 amide bonds. The fourth-order valence-electron chi connectivity index (χ4n) is 2.15. The maximum absolute atomic E-state index is 14.1. The van der Waals surface area contributed by atoms with Crippen LogP contribution in [0.5, 0.6) is 5.75 Å². The van der Waals surface area contributed by atoms with Gasteiger partial charge >= 0.3 is 0 Å². The summed E-state index contributed by atoms with van der Waals surface area (Å²) in [6.07, 6.45) is 0.448. The van der Waals surface area contributed by atoms with Gasteiger partial charge in [0.15, 0.2) is 11.6 Å². The molecule has 1 atom stereocenters. The van der Waals surface area contributed by atoms with Crippen LogP contribution in [-0.2, 0) is 6.42 Å². The molecule has 0 saturated heterocycles. The maximum atomic E-state index is 14.1. The Bertz CT molecular complexity index is 526. The third kappa shape index (κ3) is 3.12. The van der Waals surface area contributed by atoms with E-state index in [0.29, 0.717) is 12.0 Å². The first-order valence-electron chi connectivity index (χ1n) is 6.23. The molecule has 0 radical (unpaired) electrons. The summed E-state index contributed by atoms with van der Waals surface area (Å²) >= 11 is 0. The molecule has 2 aromatic rings. The van der Waals surface area contributed by atoms with Crippen LogP contribution in [0.2, 0.25) is 0 Å². The summed E-state index contributed by atoms with van der Waals surface area (Å²) in [5.74, 6) is -0.218. The van der Waals surface area contributed by atoms with Crippen molar-refractivity contribution in [1.82, 2.24) is 0 Å². The fourth-order valence-corrected chi connectivity index (χ4v) is 2.15. The number of benzene rings is 2. The number of hydrogen-bond acceptors (Lipinski definition) is 2. The predicted molar refractivity (Wildman–Crippen MR) is 72.9 cm³/mol. The Balaban J connectivity index is 2.24. The molecule has 1 N–H and O–H groups in total. The van der Waals surface area contributed by atoms with Crippen molar-refractivity contribution in [3.05, 3.63) is 65.5 Å². The number of aliphatic hydroxyl groups excluding tert-OH is 1. The maximum Gasteiger partial charge on any atom is 0.168 e. The van der Waals surface area contributed by atoms with E-state index in [1.807, 2.05) is 30.3 Å². The Hall–Kier alpha value is -1.87. The summed E-state index contributed by atoms with van der Waals surface area (Å²) in [7, 11) is 1.45. The lowest BCUT2D eigenvalue weighted by atomic mass is 9.92. The third-order valence-corrected chi connectivity index (χ3v) is 3.22. The fraction of sp³-hybridized carbons (Fsp3) is 0.250. The summed E-state index contributed by atoms with van der Waals surface area (Å²) in [5.41, 5.74) is 1.56. The van der Waals surface area contributed by atoms with Crippen LogP contribution in [0.3, 0.4) is 0 Å². The SMILES string of the molecule is COc1cccc(CC(CO)c2ccccc2)c1F. The van der Waals surface area contributed by atoms with Crippen LogP contribution in [0.15, 0.2) is 48.5 Å². The summed E-state index contributed by atoms with van der Waals surface area (Å²) in [4.78, 5) is 0. The number of methoxy groups -OCH3 is 1. The molecule has 100 valence electrons. The van der Waals surface area contributed by atoms with E-state index >= 15 is 0 Å². The van der Waals surface area contributed by atoms with E-state index in [-0.39, 0.29) is 24.1 Å². The van der Waals surface area contributed by atoms with Gasteiger partial charge in [0.25, 0.3) is 0 Å². The van der Waals surface area contributed by atoms with E-state index in [4.69, 9.17) is 4.74 Å². The molecule has 0 aliphatic carbocycles. The Morgan fingerprint density at radius 1 is 1.11 bits per heavy atom. The second kappa shape index (κ2) is 6.34. The molecule has 19 heavy (non-hydrogen) atoms. The summed E-state index contributed by atoms with van der Waals surface area (Å²) in [6.45, 7) is -0.0132. The minimum absolute atomic E-state index is 0.0132. The molecular formula is C16H17FO2. The molecule has 0 spiro atoms. The molecule has 0 saturated carbocycles. The van der Waals surface area contributed by atoms with Crippen molar-refractivity contribution in [2.45, 2.75) is 12.3 Å². The Morgan fingerprint density at radius 3 is 2.47 bits per heavy atom. The van der Waals surface area contributed by atoms with E-state index in [9.17, 15) is 9.50 Å². The predicted octanol–water partition coefficient (Wildman–Crippen LogP) is 3.15. The van der Waals surface area contributed by atoms with Crippen LogP contribution >= 0.6 is 0 Å². The van der Waals surface area contributed by atoms with Crippen LogP contribution in [0.25, 0.3) is 0 Å². The minimum Gasteiger partial charge on any atom is -0.494 e. The molecular weight excluding hydrogens is 243 g/mol. The van der Waals surface area contributed by atoms with Crippen molar-refractivity contribution in [3.63, 3.8) is 0 Å². The lowest BCUT2D eigenvalue weighted by Gasteiger charge is -2.16. The average Bonchev–Trinajstić information content (AvgIpc) is 2.47. The summed E-state index contributed by atoms with van der Waals surface area (Å²) < 4.78 is 19.0. The molecule has 0 bridgehead atoms. The van der Waals surface area contributed by atoms with Crippen molar-refractivity contribution in [3.8, 4) is 5.75 Å². The summed E-state index contributed by atoms with van der Waals surface area (Å²) in [6, 6.07) is 14.7. The van der Waals surface area contributed by atoms with Crippen LogP contribution in [0.4, 0.5) is 4.39 Å². The first-order valence-corrected chi connectivity index (χ1v) is 6.23. The van der Waals surface area contributed by atoms with Crippen LogP contribution < -0.4 is 4.74 Å². The van der Waals surface area contributed by atoms with Gasteiger partial charge in [0.05, 0.1) is 13.7 Å². The van der Waals surface area contributed by atoms with Gasteiger partial charge in [-0.15, -0.1) is 0 Å². The van der Waals surface area contributed by atoms with Crippen molar-refractivity contribution in [2.24, 2.45) is 0 Å². The molecule has 2 rings (SSSR count). The Morgan fingerprint density at radius 2 is 1.84 bits per heavy atom. The van der Waals surface area contributed by atoms with E-state index < -0.39 is 0 Å². The number of ether oxygens (including phenoxy) is 1. The van der Waals surface area contributed by atoms with E-state index in [1.54, 1.807) is 18.2 Å². The first-order chi connectivity index (χ1) is 9.26. The minimum atomic E-state index is -0.348. The van der Waals surface area contributed by atoms with Crippen LogP contribution in [0.1, 0.15) is 17.0 Å². The van der Waals surface area contributed by atoms with Crippen LogP contribution in [0, 0.1) is 5.82 Å². The van der Waals surface area contributed by atoms with Crippen molar-refractivity contribution < 1.29 is 14.2 Å². The number of rotatable bonds is 5. The van der Waals surface area contributed by atoms with Gasteiger partial charge in [-0.05, 0) is 23.6 Å². The zero-order valence-electron chi connectivity index (χ0n) is 10.8. The number of aliphatic hydroxyl groups is 1. The molecule has 0 aromatic heterocycles. The van der Waals surface area contributed by atoms with E-state index in [1.165, 1.54) is 7.11 Å². The van der Waals surface area contributed by atoms with Gasteiger partial charge in [0.2, 0.25) is 0 Å². The molecule has 0 aliphatic rings. The second-order valence-electron chi connectivity index (χ2n) is 4.43. The topological polar surface area (TPSA) is 29.5 Å². The highest BCUT2D eigenvalue weighted by Crippen LogP contribution is 2.26. The van der Waals surface area contributed by atoms with Gasteiger partial charge in [0.1, 0.15) is 0 Å². The third-order valence-electron chi connectivity index (χ3n) is 3.22. The van der Waals surface area contributed by atoms with Gasteiger partial charge in [-0.2, -0.15) is 0 Å². The zero-order valence-corrected chi connectivity index (χ0v) is 10.8. The molecule has 1 unspecified atom stereocenters. The lowest BCUT2D eigenvalue weighted by molar-refractivity contribution is 0.263. The molecule has 0 heterocycles. The highest BCUT2D eigenvalue weighted by Gasteiger charge is 2.15. The van der Waals surface area contributed by atoms with Crippen LogP contribution in [-0.4, -0.2) is 18.8 Å². The molecule has 0 fully saturated rings. The number of hydrogen-bond donors (Lipinski definition) is 1. The zero-order chi connectivity index (χ0) is 13.7. The Kier molecular flexibility index (Phi) is 4.53. The molecule has 2 nitrogen and oxygen atoms in total. The average molecular weight is 260 g/mol. The van der Waals surface area contributed by atoms with E-state index in [2.05, 4.69) is 0 Å². The lowest BCUT2D eigenvalue weighted by Crippen LogP contribution is -2.09. The highest BCUT2D eigenvalue weighted by molar-refractivity contribution is 5.33. The number of halogens is 1. The van der Waals surface area contributed by atoms with Crippen molar-refractivity contribution in [1.29, 1.82) is 0 Å². The van der Waals surface area contributed by atoms with Gasteiger partial charge in [-0.25, -0.2) is 4.39 Å². The van der Waals surface area contributed by atoms with Gasteiger partial charge in [-0.3, -0.25) is 0 Å². The van der Waals surface area contributed by atoms with Crippen molar-refractivity contribution in [2.75, 3.05) is 13.7 Å². The highest BCUT2D eigenvalue weighted by atomic mass is 19.1. The second-order valence-corrected chi connectivity index (χ2v) is 4.43. The smallest absolute Gasteiger partial charge is 0.168 e. The molecule has 0 aliphatic heterocycles. The quantitative estimate of drug-likeness (QED) is 0.894. The van der Waals surface area contributed by atoms with Gasteiger partial charge in [-0.1, -0.05) is 42.5 Å². The molecule has 3 heteroatoms. The standard InChI is InChI=1S/C16H17FO2/c1-19-15-9-5-8-13(16(15)17)10-14(11-18)12-6-3-2-4-7-12/h2-9,14,18H,10-11H2,1H3. The monoisotopic (exact) mass is 260 g/mol.